The lowest BCUT2D eigenvalue weighted by Crippen LogP contribution is -2.65. The monoisotopic (exact) mass is 1500 g/mol. The number of H-pyrrole nitrogens is 1. The van der Waals surface area contributed by atoms with Crippen LogP contribution in [0.1, 0.15) is 182 Å². The van der Waals surface area contributed by atoms with Crippen molar-refractivity contribution in [2.45, 2.75) is 250 Å². The predicted octanol–water partition coefficient (Wildman–Crippen LogP) is 4.07. The number of rotatable bonds is 25. The number of aromatic amines is 1. The third-order valence-corrected chi connectivity index (χ3v) is 19.2. The number of para-hydroxylation sites is 1. The molecule has 0 saturated heterocycles. The van der Waals surface area contributed by atoms with Gasteiger partial charge in [0.05, 0.1) is 29.6 Å². The van der Waals surface area contributed by atoms with Crippen LogP contribution < -0.4 is 58.9 Å². The van der Waals surface area contributed by atoms with E-state index in [0.29, 0.717) is 66.1 Å². The number of fused-ring (bicyclic) bond motifs is 1. The molecule has 3 aromatic carbocycles. The molecule has 1 aliphatic heterocycles. The molecule has 0 saturated carbocycles. The SMILES string of the molecule is CC(=O)N[C@@H](CC(C)C)C(=O)N[C@H](C(=O)N[C@@H](Cc1ccccc1)C(=O)N[C@]1(C)CCCCCC/C=C/CCC[C@@](C)(C(C)=O)NC(=O)[C@H](CC(C)C)CN[C@@H](CCC(N)=O)C(=O)C(=O)C(C)NC(=O)[C@H](Cc2c[nH]c3ccccc23)NC(=O)C(Cc2ccc(O)cc2)NC(=O)[C@H](CCC(=O)O)NC1=O)[C@@H](C)O. The van der Waals surface area contributed by atoms with E-state index in [9.17, 15) is 63.3 Å². The number of carbonyl (C=O) groups excluding carboxylic acids is 13. The maximum atomic E-state index is 15.4. The van der Waals surface area contributed by atoms with E-state index in [1.807, 2.05) is 39.8 Å². The van der Waals surface area contributed by atoms with E-state index in [-0.39, 0.29) is 94.1 Å². The summed E-state index contributed by atoms with van der Waals surface area (Å²) in [6.07, 6.45) is 5.51. The molecule has 5 rings (SSSR count). The first-order valence-corrected chi connectivity index (χ1v) is 37.3. The number of carboxylic acid groups (broad SMARTS) is 1. The highest BCUT2D eigenvalue weighted by atomic mass is 16.4. The van der Waals surface area contributed by atoms with Crippen molar-refractivity contribution in [2.75, 3.05) is 6.54 Å². The number of nitrogens with one attached hydrogen (secondary N) is 11. The van der Waals surface area contributed by atoms with Crippen molar-refractivity contribution < 1.29 is 82.4 Å². The molecule has 12 atom stereocenters. The first kappa shape index (κ1) is 88.5. The van der Waals surface area contributed by atoms with E-state index in [2.05, 4.69) is 58.2 Å². The minimum Gasteiger partial charge on any atom is -0.508 e. The second kappa shape index (κ2) is 43.0. The zero-order chi connectivity index (χ0) is 80.0. The van der Waals surface area contributed by atoms with Crippen LogP contribution in [0.5, 0.6) is 5.75 Å². The molecule has 2 unspecified atom stereocenters. The Hall–Kier alpha value is -10.2. The molecule has 2 heterocycles. The third-order valence-electron chi connectivity index (χ3n) is 19.2. The van der Waals surface area contributed by atoms with Gasteiger partial charge in [-0.05, 0) is 146 Å². The van der Waals surface area contributed by atoms with Gasteiger partial charge in [-0.3, -0.25) is 67.1 Å². The summed E-state index contributed by atoms with van der Waals surface area (Å²) in [5, 5.41) is 59.2. The molecular weight excluding hydrogens is 1390 g/mol. The van der Waals surface area contributed by atoms with Crippen LogP contribution in [0.25, 0.3) is 10.9 Å². The van der Waals surface area contributed by atoms with Crippen LogP contribution >= 0.6 is 0 Å². The Bertz CT molecular complexity index is 3800. The first-order chi connectivity index (χ1) is 51.0. The van der Waals surface area contributed by atoms with Crippen molar-refractivity contribution in [1.82, 2.24) is 58.2 Å². The summed E-state index contributed by atoms with van der Waals surface area (Å²) in [5.41, 5.74) is 4.30. The van der Waals surface area contributed by atoms with Crippen LogP contribution in [0.2, 0.25) is 0 Å². The smallest absolute Gasteiger partial charge is 0.303 e. The largest absolute Gasteiger partial charge is 0.508 e. The summed E-state index contributed by atoms with van der Waals surface area (Å²) in [7, 11) is 0. The molecule has 0 aliphatic carbocycles. The van der Waals surface area contributed by atoms with E-state index in [1.54, 1.807) is 67.7 Å². The number of aromatic hydroxyl groups is 1. The molecule has 29 heteroatoms. The molecule has 10 amide bonds. The highest BCUT2D eigenvalue weighted by Gasteiger charge is 2.42. The zero-order valence-corrected chi connectivity index (χ0v) is 63.7. The topological polar surface area (TPSA) is 462 Å². The van der Waals surface area contributed by atoms with E-state index in [4.69, 9.17) is 5.73 Å². The van der Waals surface area contributed by atoms with Gasteiger partial charge in [0.15, 0.2) is 5.78 Å². The van der Waals surface area contributed by atoms with E-state index in [0.717, 1.165) is 0 Å². The number of aliphatic hydroxyl groups is 1. The molecule has 1 aliphatic rings. The number of aromatic nitrogens is 1. The number of primary amides is 1. The fourth-order valence-electron chi connectivity index (χ4n) is 12.8. The van der Waals surface area contributed by atoms with Gasteiger partial charge in [-0.1, -0.05) is 120 Å². The van der Waals surface area contributed by atoms with Crippen molar-refractivity contribution in [1.29, 1.82) is 0 Å². The maximum absolute atomic E-state index is 15.4. The molecule has 0 fully saturated rings. The van der Waals surface area contributed by atoms with Crippen LogP contribution in [-0.4, -0.2) is 175 Å². The predicted molar refractivity (Wildman–Crippen MR) is 404 cm³/mol. The average molecular weight is 1500 g/mol. The molecule has 1 aromatic heterocycles. The normalized spacial score (nSPS) is 23.4. The lowest BCUT2D eigenvalue weighted by atomic mass is 9.88. The van der Waals surface area contributed by atoms with Crippen LogP contribution in [0.15, 0.2) is 97.2 Å². The van der Waals surface area contributed by atoms with Crippen molar-refractivity contribution in [2.24, 2.45) is 23.5 Å². The quantitative estimate of drug-likeness (QED) is 0.0328. The van der Waals surface area contributed by atoms with Crippen LogP contribution in [-0.2, 0) is 86.4 Å². The van der Waals surface area contributed by atoms with Gasteiger partial charge in [0.25, 0.3) is 0 Å². The summed E-state index contributed by atoms with van der Waals surface area (Å²) < 4.78 is 0. The minimum absolute atomic E-state index is 0.0676. The standard InChI is InChI=1S/C79H112N12O17/c1-46(2)39-55-45-82-59(33-35-65(80)96)69(100)68(99)48(5)83-72(103)64(43-54-44-81-58-28-22-21-27-57(54)58)86-73(104)62(42-53-29-31-56(95)32-30-53)85-71(102)60(34-36-66(97)98)88-77(108)79(10,38-24-17-15-13-11-12-14-16-23-37-78(9,50(7)93)90-70(55)101)91-75(106)63(41-52-25-19-18-20-26-52)87-76(107)67(49(6)92)89-74(105)61(40-47(3)4)84-51(8)94/h12,14,18-22,25-32,44,46-49,55,59-64,67,81-82,92,95H,11,13,15-17,23-24,33-43,45H2,1-10H3,(H2,80,96)(H,83,103)(H,84,94)(H,85,102)(H,86,104)(H,87,107)(H,88,108)(H,89,105)(H,90,101)(H,91,106)(H,97,98)/b14-12+/t48?,49-,55-,59+,60+,61+,62?,63+,64+,67+,78+,79-/m1/s1. The molecule has 0 spiro atoms. The number of phenolic OH excluding ortho intramolecular Hbond substituents is 1. The molecule has 590 valence electrons. The van der Waals surface area contributed by atoms with E-state index in [1.165, 1.54) is 58.9 Å². The van der Waals surface area contributed by atoms with Crippen molar-refractivity contribution in [3.8, 4) is 5.75 Å². The lowest BCUT2D eigenvalue weighted by molar-refractivity contribution is -0.140. The van der Waals surface area contributed by atoms with Crippen LogP contribution in [0.3, 0.4) is 0 Å². The Morgan fingerprint density at radius 2 is 1.22 bits per heavy atom. The number of nitrogens with two attached hydrogens (primary N) is 1. The van der Waals surface area contributed by atoms with Gasteiger partial charge in [-0.2, -0.15) is 0 Å². The van der Waals surface area contributed by atoms with Crippen molar-refractivity contribution in [3.05, 3.63) is 114 Å². The second-order valence-corrected chi connectivity index (χ2v) is 29.6. The van der Waals surface area contributed by atoms with Gasteiger partial charge in [-0.25, -0.2) is 0 Å². The van der Waals surface area contributed by atoms with E-state index >= 15 is 19.2 Å². The molecule has 4 aromatic rings. The number of Topliss-reactive ketones (excluding diaryl/α,β-unsaturated/α-hetero) is 3. The van der Waals surface area contributed by atoms with Gasteiger partial charge in [0, 0.05) is 62.7 Å². The fraction of sp³-hybridized carbons (Fsp3) is 0.544. The Kier molecular flexibility index (Phi) is 35.2. The van der Waals surface area contributed by atoms with Gasteiger partial charge in [-0.15, -0.1) is 0 Å². The Morgan fingerprint density at radius 1 is 0.611 bits per heavy atom. The Labute approximate surface area is 631 Å². The molecular formula is C79H112N12O17. The number of ketones is 3. The third kappa shape index (κ3) is 28.9. The Balaban J connectivity index is 1.61. The first-order valence-electron chi connectivity index (χ1n) is 37.3. The van der Waals surface area contributed by atoms with Gasteiger partial charge < -0.3 is 79.2 Å². The second-order valence-electron chi connectivity index (χ2n) is 29.6. The summed E-state index contributed by atoms with van der Waals surface area (Å²) in [4.78, 5) is 200. The molecule has 16 N–H and O–H groups in total. The van der Waals surface area contributed by atoms with Gasteiger partial charge >= 0.3 is 5.97 Å². The number of hydrogen-bond donors (Lipinski definition) is 15. The highest BCUT2D eigenvalue weighted by Crippen LogP contribution is 2.24. The van der Waals surface area contributed by atoms with Crippen LogP contribution in [0, 0.1) is 17.8 Å². The van der Waals surface area contributed by atoms with Crippen molar-refractivity contribution in [3.63, 3.8) is 0 Å². The van der Waals surface area contributed by atoms with Crippen LogP contribution in [0.4, 0.5) is 0 Å². The minimum atomic E-state index is -1.99. The summed E-state index contributed by atoms with van der Waals surface area (Å²) in [6.45, 7) is 15.4. The number of carboxylic acids is 1. The molecule has 108 heavy (non-hydrogen) atoms. The van der Waals surface area contributed by atoms with Gasteiger partial charge in [0.2, 0.25) is 70.6 Å². The number of phenols is 1. The van der Waals surface area contributed by atoms with Gasteiger partial charge in [0.1, 0.15) is 47.5 Å². The van der Waals surface area contributed by atoms with E-state index < -0.39 is 161 Å². The number of aliphatic carboxylic acids is 1. The lowest BCUT2D eigenvalue weighted by Gasteiger charge is -2.34. The number of hydrogen-bond acceptors (Lipinski definition) is 17. The zero-order valence-electron chi connectivity index (χ0n) is 63.7. The summed E-state index contributed by atoms with van der Waals surface area (Å²) in [6, 6.07) is 8.69. The number of amides is 10. The fourth-order valence-corrected chi connectivity index (χ4v) is 12.8. The number of allylic oxidation sites excluding steroid dienone is 2. The number of aliphatic hydroxyl groups excluding tert-OH is 1. The number of carbonyl (C=O) groups is 14. The Morgan fingerprint density at radius 3 is 1.84 bits per heavy atom. The molecule has 0 radical (unpaired) electrons. The number of benzene rings is 3. The maximum Gasteiger partial charge on any atom is 0.303 e. The summed E-state index contributed by atoms with van der Waals surface area (Å²) >= 11 is 0. The average Bonchev–Trinajstić information content (AvgIpc) is 1.21. The molecule has 29 nitrogen and oxygen atoms in total. The highest BCUT2D eigenvalue weighted by molar-refractivity contribution is 6.41. The summed E-state index contributed by atoms with van der Waals surface area (Å²) in [5.74, 6) is -13.7. The van der Waals surface area contributed by atoms with Crippen molar-refractivity contribution >= 4 is 93.3 Å². The molecule has 0 bridgehead atoms.